The lowest BCUT2D eigenvalue weighted by molar-refractivity contribution is 0.400. The van der Waals surface area contributed by atoms with E-state index in [0.29, 0.717) is 11.4 Å². The second kappa shape index (κ2) is 8.78. The Balaban J connectivity index is 1.97. The van der Waals surface area contributed by atoms with Crippen molar-refractivity contribution >= 4 is 6.08 Å². The lowest BCUT2D eigenvalue weighted by Gasteiger charge is -2.09. The van der Waals surface area contributed by atoms with Crippen molar-refractivity contribution in [2.75, 3.05) is 6.54 Å². The van der Waals surface area contributed by atoms with Crippen LogP contribution >= 0.6 is 0 Å². The number of hydrogen-bond donors (Lipinski definition) is 2. The summed E-state index contributed by atoms with van der Waals surface area (Å²) in [6.07, 6.45) is 5.90. The molecule has 10 heteroatoms. The highest BCUT2D eigenvalue weighted by Gasteiger charge is 2.14. The van der Waals surface area contributed by atoms with E-state index in [0.717, 1.165) is 27.1 Å². The zero-order valence-corrected chi connectivity index (χ0v) is 16.5. The first-order chi connectivity index (χ1) is 14.3. The zero-order valence-electron chi connectivity index (χ0n) is 16.5. The summed E-state index contributed by atoms with van der Waals surface area (Å²) in [5.74, 6) is 0.358. The lowest BCUT2D eigenvalue weighted by Crippen LogP contribution is -2.27. The highest BCUT2D eigenvalue weighted by Crippen LogP contribution is 2.23. The van der Waals surface area contributed by atoms with Gasteiger partial charge in [-0.15, -0.1) is 0 Å². The van der Waals surface area contributed by atoms with Crippen molar-refractivity contribution in [1.29, 1.82) is 0 Å². The number of aromatic nitrogens is 5. The van der Waals surface area contributed by atoms with Crippen LogP contribution in [0.2, 0.25) is 0 Å². The Morgan fingerprint density at radius 3 is 2.50 bits per heavy atom. The molecule has 0 spiro atoms. The van der Waals surface area contributed by atoms with Gasteiger partial charge in [0.25, 0.3) is 6.08 Å². The van der Waals surface area contributed by atoms with Gasteiger partial charge in [-0.3, -0.25) is 4.98 Å². The van der Waals surface area contributed by atoms with Crippen molar-refractivity contribution in [3.8, 4) is 16.9 Å². The van der Waals surface area contributed by atoms with E-state index in [1.165, 1.54) is 17.1 Å². The van der Waals surface area contributed by atoms with Gasteiger partial charge in [0.2, 0.25) is 0 Å². The summed E-state index contributed by atoms with van der Waals surface area (Å²) in [5, 5.41) is 3.90. The smallest absolute Gasteiger partial charge is 0.351 e. The second-order valence-corrected chi connectivity index (χ2v) is 6.63. The van der Waals surface area contributed by atoms with Gasteiger partial charge >= 0.3 is 5.69 Å². The Bertz CT molecular complexity index is 1190. The molecule has 4 N–H and O–H groups in total. The second-order valence-electron chi connectivity index (χ2n) is 6.63. The summed E-state index contributed by atoms with van der Waals surface area (Å²) in [6, 6.07) is 3.80. The predicted molar refractivity (Wildman–Crippen MR) is 110 cm³/mol. The number of halogens is 2. The fourth-order valence-electron chi connectivity index (χ4n) is 2.93. The van der Waals surface area contributed by atoms with Gasteiger partial charge in [0, 0.05) is 41.3 Å². The maximum Gasteiger partial charge on any atom is 0.351 e. The van der Waals surface area contributed by atoms with Crippen LogP contribution in [0.15, 0.2) is 53.5 Å². The van der Waals surface area contributed by atoms with Crippen molar-refractivity contribution < 1.29 is 8.78 Å². The maximum absolute atomic E-state index is 12.8. The molecular formula is C20H21F2N7O. The van der Waals surface area contributed by atoms with Crippen LogP contribution in [0.1, 0.15) is 16.8 Å². The topological polar surface area (TPSA) is 118 Å². The molecule has 3 rings (SSSR count). The maximum atomic E-state index is 12.8. The van der Waals surface area contributed by atoms with Crippen LogP contribution in [-0.2, 0) is 6.54 Å². The van der Waals surface area contributed by atoms with Crippen molar-refractivity contribution in [1.82, 2.24) is 24.3 Å². The summed E-state index contributed by atoms with van der Waals surface area (Å²) >= 11 is 0. The van der Waals surface area contributed by atoms with Gasteiger partial charge in [-0.25, -0.2) is 19.0 Å². The molecule has 0 aliphatic rings. The molecule has 0 saturated heterocycles. The standard InChI is InChI=1S/C20H21F2N7O/c1-12-5-15(16-6-14(3-4-23)13(2)25-8-16)9-26-19(12)28-11-27-29(20(28)30)10-17(7-24)18(21)22/h3-6,8-9,11H,7,10,23-24H2,1-2H3/b4-3-. The van der Waals surface area contributed by atoms with Crippen LogP contribution < -0.4 is 17.2 Å². The molecule has 0 aliphatic carbocycles. The summed E-state index contributed by atoms with van der Waals surface area (Å²) in [5.41, 5.74) is 13.9. The Labute approximate surface area is 171 Å². The molecule has 3 heterocycles. The molecule has 0 atom stereocenters. The SMILES string of the molecule is Cc1cc(-c2cnc(C)c(/C=C\N)c2)cnc1-n1cnn(CC(CN)=C(F)F)c1=O. The first kappa shape index (κ1) is 21.1. The van der Waals surface area contributed by atoms with E-state index in [1.54, 1.807) is 25.4 Å². The van der Waals surface area contributed by atoms with Crippen LogP contribution in [0.3, 0.4) is 0 Å². The van der Waals surface area contributed by atoms with Crippen molar-refractivity contribution in [2.45, 2.75) is 20.4 Å². The third kappa shape index (κ3) is 4.18. The summed E-state index contributed by atoms with van der Waals surface area (Å²) in [4.78, 5) is 21.3. The average Bonchev–Trinajstić information content (AvgIpc) is 3.07. The molecule has 156 valence electrons. The van der Waals surface area contributed by atoms with Crippen LogP contribution in [-0.4, -0.2) is 30.9 Å². The van der Waals surface area contributed by atoms with Gasteiger partial charge in [-0.05, 0) is 49.4 Å². The molecular weight excluding hydrogens is 392 g/mol. The number of nitrogens with zero attached hydrogens (tertiary/aromatic N) is 5. The van der Waals surface area contributed by atoms with Crippen molar-refractivity contribution in [3.63, 3.8) is 0 Å². The van der Waals surface area contributed by atoms with E-state index in [4.69, 9.17) is 11.5 Å². The summed E-state index contributed by atoms with van der Waals surface area (Å²) in [6.45, 7) is 2.94. The highest BCUT2D eigenvalue weighted by molar-refractivity contribution is 5.67. The Kier molecular flexibility index (Phi) is 6.17. The fraction of sp³-hybridized carbons (Fsp3) is 0.200. The van der Waals surface area contributed by atoms with Crippen LogP contribution in [0.5, 0.6) is 0 Å². The van der Waals surface area contributed by atoms with Gasteiger partial charge in [0.1, 0.15) is 12.1 Å². The first-order valence-corrected chi connectivity index (χ1v) is 9.05. The molecule has 0 saturated carbocycles. The normalized spacial score (nSPS) is 11.2. The summed E-state index contributed by atoms with van der Waals surface area (Å²) in [7, 11) is 0. The third-order valence-electron chi connectivity index (χ3n) is 4.60. The minimum Gasteiger partial charge on any atom is -0.405 e. The summed E-state index contributed by atoms with van der Waals surface area (Å²) < 4.78 is 27.8. The largest absolute Gasteiger partial charge is 0.405 e. The van der Waals surface area contributed by atoms with E-state index in [9.17, 15) is 13.6 Å². The van der Waals surface area contributed by atoms with E-state index in [2.05, 4.69) is 15.1 Å². The molecule has 0 amide bonds. The van der Waals surface area contributed by atoms with Crippen LogP contribution in [0.4, 0.5) is 8.78 Å². The predicted octanol–water partition coefficient (Wildman–Crippen LogP) is 2.15. The molecule has 0 bridgehead atoms. The minimum atomic E-state index is -1.91. The molecule has 0 aliphatic heterocycles. The molecule has 3 aromatic heterocycles. The minimum absolute atomic E-state index is 0.350. The average molecular weight is 413 g/mol. The molecule has 3 aromatic rings. The Hall–Kier alpha value is -3.66. The molecule has 0 fully saturated rings. The Morgan fingerprint density at radius 2 is 1.87 bits per heavy atom. The molecule has 0 aromatic carbocycles. The number of hydrogen-bond acceptors (Lipinski definition) is 6. The fourth-order valence-corrected chi connectivity index (χ4v) is 2.93. The zero-order chi connectivity index (χ0) is 21.8. The van der Waals surface area contributed by atoms with Gasteiger partial charge in [-0.2, -0.15) is 13.9 Å². The van der Waals surface area contributed by atoms with Crippen molar-refractivity contribution in [2.24, 2.45) is 11.5 Å². The first-order valence-electron chi connectivity index (χ1n) is 9.05. The molecule has 0 unspecified atom stereocenters. The molecule has 30 heavy (non-hydrogen) atoms. The molecule has 8 nitrogen and oxygen atoms in total. The monoisotopic (exact) mass is 413 g/mol. The van der Waals surface area contributed by atoms with Gasteiger partial charge in [0.15, 0.2) is 0 Å². The molecule has 0 radical (unpaired) electrons. The number of nitrogens with two attached hydrogens (primary N) is 2. The van der Waals surface area contributed by atoms with Gasteiger partial charge in [-0.1, -0.05) is 0 Å². The van der Waals surface area contributed by atoms with Crippen LogP contribution in [0, 0.1) is 13.8 Å². The van der Waals surface area contributed by atoms with E-state index in [-0.39, 0.29) is 18.7 Å². The number of aryl methyl sites for hydroxylation is 2. The highest BCUT2D eigenvalue weighted by atomic mass is 19.3. The van der Waals surface area contributed by atoms with E-state index >= 15 is 0 Å². The number of rotatable bonds is 6. The van der Waals surface area contributed by atoms with Crippen molar-refractivity contribution in [3.05, 3.63) is 76.0 Å². The van der Waals surface area contributed by atoms with Crippen LogP contribution in [0.25, 0.3) is 23.0 Å². The number of pyridine rings is 2. The van der Waals surface area contributed by atoms with E-state index < -0.39 is 11.8 Å². The van der Waals surface area contributed by atoms with E-state index in [1.807, 2.05) is 19.1 Å². The third-order valence-corrected chi connectivity index (χ3v) is 4.60. The van der Waals surface area contributed by atoms with Gasteiger partial charge < -0.3 is 11.5 Å². The quantitative estimate of drug-likeness (QED) is 0.639. The Morgan fingerprint density at radius 1 is 1.17 bits per heavy atom. The van der Waals surface area contributed by atoms with Gasteiger partial charge in [0.05, 0.1) is 6.54 Å². The lowest BCUT2D eigenvalue weighted by atomic mass is 10.0.